The largest absolute Gasteiger partial charge is 0.479 e. The maximum atomic E-state index is 12.2. The number of guanidine groups is 1. The number of rotatable bonds is 14. The summed E-state index contributed by atoms with van der Waals surface area (Å²) in [6.45, 7) is 5.77. The Bertz CT molecular complexity index is 900. The predicted molar refractivity (Wildman–Crippen MR) is 136 cm³/mol. The highest BCUT2D eigenvalue weighted by molar-refractivity contribution is 6.01. The zero-order valence-corrected chi connectivity index (χ0v) is 21.6. The molecule has 206 valence electrons. The molecule has 0 saturated heterocycles. The molecule has 1 unspecified atom stereocenters. The molecule has 0 fully saturated rings. The van der Waals surface area contributed by atoms with Crippen molar-refractivity contribution in [3.8, 4) is 0 Å². The Balaban J connectivity index is 2.22. The molecule has 0 radical (unpaired) electrons. The van der Waals surface area contributed by atoms with Crippen molar-refractivity contribution in [2.45, 2.75) is 77.6 Å². The highest BCUT2D eigenvalue weighted by Gasteiger charge is 2.26. The molecule has 1 aromatic carbocycles. The van der Waals surface area contributed by atoms with Gasteiger partial charge in [0, 0.05) is 13.1 Å². The quantitative estimate of drug-likeness (QED) is 0.107. The molecule has 3 amide bonds. The molecule has 1 aromatic rings. The van der Waals surface area contributed by atoms with Crippen molar-refractivity contribution in [3.05, 3.63) is 35.9 Å². The van der Waals surface area contributed by atoms with Gasteiger partial charge >= 0.3 is 18.2 Å². The molecule has 0 saturated carbocycles. The fourth-order valence-corrected chi connectivity index (χ4v) is 3.06. The number of carboxylic acids is 1. The smallest absolute Gasteiger partial charge is 0.414 e. The fourth-order valence-electron chi connectivity index (χ4n) is 3.06. The minimum Gasteiger partial charge on any atom is -0.479 e. The lowest BCUT2D eigenvalue weighted by Crippen LogP contribution is -2.45. The Morgan fingerprint density at radius 3 is 2.14 bits per heavy atom. The summed E-state index contributed by atoms with van der Waals surface area (Å²) in [7, 11) is 0. The van der Waals surface area contributed by atoms with Crippen molar-refractivity contribution < 1.29 is 38.9 Å². The standard InChI is InChI=1S/C25H38N4O8/c1-25(2,3)37-24(35)29-22(28-23(33)34)27-16-12-7-5-4-6-11-15-26-20(30)19(21(31)32)36-17-18-13-9-8-10-14-18/h8-10,13-14,19H,4-7,11-12,15-17H2,1-3H3,(H,26,30)(H,31,32)(H,33,34)(H2,27,28,29,35). The Morgan fingerprint density at radius 2 is 1.54 bits per heavy atom. The minimum atomic E-state index is -1.56. The molecular formula is C25H38N4O8. The molecule has 37 heavy (non-hydrogen) atoms. The van der Waals surface area contributed by atoms with Crippen molar-refractivity contribution in [2.75, 3.05) is 13.1 Å². The summed E-state index contributed by atoms with van der Waals surface area (Å²) in [5.41, 5.74) is 0.0518. The summed E-state index contributed by atoms with van der Waals surface area (Å²) < 4.78 is 10.4. The van der Waals surface area contributed by atoms with E-state index in [9.17, 15) is 24.3 Å². The average molecular weight is 523 g/mol. The second-order valence-corrected chi connectivity index (χ2v) is 9.21. The van der Waals surface area contributed by atoms with Crippen LogP contribution in [0.2, 0.25) is 0 Å². The van der Waals surface area contributed by atoms with E-state index in [4.69, 9.17) is 14.6 Å². The molecule has 0 aromatic heterocycles. The number of nitrogens with one attached hydrogen (secondary N) is 3. The number of hydrogen-bond acceptors (Lipinski definition) is 7. The highest BCUT2D eigenvalue weighted by Crippen LogP contribution is 2.08. The summed E-state index contributed by atoms with van der Waals surface area (Å²) in [4.78, 5) is 50.3. The van der Waals surface area contributed by atoms with Crippen LogP contribution in [-0.2, 0) is 25.7 Å². The third-order valence-electron chi connectivity index (χ3n) is 4.72. The lowest BCUT2D eigenvalue weighted by molar-refractivity contribution is -0.158. The van der Waals surface area contributed by atoms with Crippen LogP contribution in [0.1, 0.15) is 64.9 Å². The second kappa shape index (κ2) is 16.9. The summed E-state index contributed by atoms with van der Waals surface area (Å²) in [6.07, 6.45) is 1.17. The third kappa shape index (κ3) is 15.8. The summed E-state index contributed by atoms with van der Waals surface area (Å²) in [5.74, 6) is -2.20. The highest BCUT2D eigenvalue weighted by atomic mass is 16.6. The topological polar surface area (TPSA) is 176 Å². The lowest BCUT2D eigenvalue weighted by Gasteiger charge is -2.20. The molecule has 0 aliphatic heterocycles. The molecule has 0 heterocycles. The van der Waals surface area contributed by atoms with E-state index in [2.05, 4.69) is 15.6 Å². The first-order valence-electron chi connectivity index (χ1n) is 12.2. The predicted octanol–water partition coefficient (Wildman–Crippen LogP) is 3.26. The van der Waals surface area contributed by atoms with E-state index in [-0.39, 0.29) is 12.6 Å². The average Bonchev–Trinajstić information content (AvgIpc) is 2.79. The summed E-state index contributed by atoms with van der Waals surface area (Å²) in [6, 6.07) is 9.02. The van der Waals surface area contributed by atoms with Crippen molar-refractivity contribution >= 4 is 30.0 Å². The van der Waals surface area contributed by atoms with E-state index < -0.39 is 35.8 Å². The lowest BCUT2D eigenvalue weighted by atomic mass is 10.1. The van der Waals surface area contributed by atoms with Crippen LogP contribution in [0.15, 0.2) is 35.3 Å². The first-order chi connectivity index (χ1) is 17.5. The van der Waals surface area contributed by atoms with Gasteiger partial charge in [-0.3, -0.25) is 20.4 Å². The van der Waals surface area contributed by atoms with Gasteiger partial charge in [0.1, 0.15) is 5.60 Å². The molecule has 1 rings (SSSR count). The number of carbonyl (C=O) groups excluding carboxylic acids is 2. The Hall–Kier alpha value is -3.67. The SMILES string of the molecule is CC(C)(C)OC(=O)NC(=NCCCCCCCCNC(=O)C(OCc1ccccc1)C(=O)O)NC(=O)O. The zero-order chi connectivity index (χ0) is 27.7. The third-order valence-corrected chi connectivity index (χ3v) is 4.72. The number of nitrogens with zero attached hydrogens (tertiary/aromatic N) is 1. The van der Waals surface area contributed by atoms with Gasteiger partial charge in [-0.2, -0.15) is 0 Å². The molecule has 12 heteroatoms. The van der Waals surface area contributed by atoms with Gasteiger partial charge in [-0.05, 0) is 39.2 Å². The summed E-state index contributed by atoms with van der Waals surface area (Å²) in [5, 5.41) is 25.1. The Labute approximate surface area is 216 Å². The van der Waals surface area contributed by atoms with E-state index in [1.165, 1.54) is 0 Å². The second-order valence-electron chi connectivity index (χ2n) is 9.21. The Kier molecular flexibility index (Phi) is 14.3. The number of benzene rings is 1. The van der Waals surface area contributed by atoms with Gasteiger partial charge in [0.15, 0.2) is 0 Å². The van der Waals surface area contributed by atoms with Gasteiger partial charge < -0.3 is 25.0 Å². The van der Waals surface area contributed by atoms with E-state index in [1.807, 2.05) is 11.4 Å². The van der Waals surface area contributed by atoms with Crippen LogP contribution >= 0.6 is 0 Å². The normalized spacial score (nSPS) is 12.4. The summed E-state index contributed by atoms with van der Waals surface area (Å²) >= 11 is 0. The monoisotopic (exact) mass is 522 g/mol. The van der Waals surface area contributed by atoms with Crippen LogP contribution in [0, 0.1) is 0 Å². The molecule has 0 aliphatic rings. The van der Waals surface area contributed by atoms with E-state index in [1.54, 1.807) is 45.0 Å². The first kappa shape index (κ1) is 31.4. The van der Waals surface area contributed by atoms with Crippen LogP contribution in [0.25, 0.3) is 0 Å². The van der Waals surface area contributed by atoms with Gasteiger partial charge in [0.2, 0.25) is 12.1 Å². The number of aliphatic carboxylic acids is 1. The van der Waals surface area contributed by atoms with E-state index in [0.717, 1.165) is 31.2 Å². The molecule has 0 aliphatic carbocycles. The van der Waals surface area contributed by atoms with Crippen LogP contribution < -0.4 is 16.0 Å². The number of unbranched alkanes of at least 4 members (excludes halogenated alkanes) is 5. The van der Waals surface area contributed by atoms with E-state index >= 15 is 0 Å². The number of alkyl carbamates (subject to hydrolysis) is 1. The van der Waals surface area contributed by atoms with Gasteiger partial charge in [0.05, 0.1) is 6.61 Å². The number of hydrogen-bond donors (Lipinski definition) is 5. The molecule has 5 N–H and O–H groups in total. The van der Waals surface area contributed by atoms with Crippen LogP contribution in [0.4, 0.5) is 9.59 Å². The molecular weight excluding hydrogens is 484 g/mol. The van der Waals surface area contributed by atoms with Gasteiger partial charge in [-0.25, -0.2) is 14.4 Å². The van der Waals surface area contributed by atoms with E-state index in [0.29, 0.717) is 25.9 Å². The maximum Gasteiger partial charge on any atom is 0.414 e. The van der Waals surface area contributed by atoms with Crippen LogP contribution in [0.3, 0.4) is 0 Å². The molecule has 0 bridgehead atoms. The molecule has 0 spiro atoms. The zero-order valence-electron chi connectivity index (χ0n) is 21.6. The maximum absolute atomic E-state index is 12.2. The molecule has 12 nitrogen and oxygen atoms in total. The van der Waals surface area contributed by atoms with Gasteiger partial charge in [0.25, 0.3) is 5.91 Å². The Morgan fingerprint density at radius 1 is 0.919 bits per heavy atom. The van der Waals surface area contributed by atoms with Crippen molar-refractivity contribution in [2.24, 2.45) is 4.99 Å². The number of carboxylic acid groups (broad SMARTS) is 2. The molecule has 1 atom stereocenters. The minimum absolute atomic E-state index is 0.0280. The van der Waals surface area contributed by atoms with Crippen molar-refractivity contribution in [1.82, 2.24) is 16.0 Å². The van der Waals surface area contributed by atoms with Gasteiger partial charge in [-0.1, -0.05) is 56.0 Å². The number of amides is 3. The first-order valence-corrected chi connectivity index (χ1v) is 12.2. The fraction of sp³-hybridized carbons (Fsp3) is 0.560. The number of ether oxygens (including phenoxy) is 2. The van der Waals surface area contributed by atoms with Crippen LogP contribution in [0.5, 0.6) is 0 Å². The number of carbonyl (C=O) groups is 4. The number of aliphatic imine (C=N–C) groups is 1. The van der Waals surface area contributed by atoms with Crippen molar-refractivity contribution in [1.29, 1.82) is 0 Å². The van der Waals surface area contributed by atoms with Crippen molar-refractivity contribution in [3.63, 3.8) is 0 Å². The van der Waals surface area contributed by atoms with Gasteiger partial charge in [-0.15, -0.1) is 0 Å². The van der Waals surface area contributed by atoms with Crippen LogP contribution in [-0.4, -0.2) is 65.0 Å².